The summed E-state index contributed by atoms with van der Waals surface area (Å²) in [6.45, 7) is 1.75. The largest absolute Gasteiger partial charge is 0.487 e. The van der Waals surface area contributed by atoms with E-state index in [9.17, 15) is 9.50 Å². The molecule has 0 aliphatic rings. The molecule has 0 amide bonds. The minimum atomic E-state index is -0.592. The molecule has 5 heteroatoms. The maximum atomic E-state index is 13.6. The molecule has 0 fully saturated rings. The predicted octanol–water partition coefficient (Wildman–Crippen LogP) is 4.87. The molecule has 1 N–H and O–H groups in total. The molecule has 0 aromatic heterocycles. The van der Waals surface area contributed by atoms with Gasteiger partial charge in [-0.05, 0) is 36.8 Å². The third kappa shape index (κ3) is 3.72. The normalized spacial score (nSPS) is 12.2. The second-order valence-electron chi connectivity index (χ2n) is 4.39. The monoisotopic (exact) mass is 358 g/mol. The number of rotatable bonds is 4. The second-order valence-corrected chi connectivity index (χ2v) is 5.71. The molecule has 2 nitrogen and oxygen atoms in total. The number of ether oxygens (including phenoxy) is 1. The van der Waals surface area contributed by atoms with Crippen molar-refractivity contribution in [2.75, 3.05) is 0 Å². The first-order valence-corrected chi connectivity index (χ1v) is 7.18. The molecular weight excluding hydrogens is 347 g/mol. The molecule has 20 heavy (non-hydrogen) atoms. The van der Waals surface area contributed by atoms with Gasteiger partial charge in [-0.2, -0.15) is 0 Å². The summed E-state index contributed by atoms with van der Waals surface area (Å²) in [5, 5.41) is 9.85. The Morgan fingerprint density at radius 3 is 2.65 bits per heavy atom. The van der Waals surface area contributed by atoms with E-state index in [-0.39, 0.29) is 12.4 Å². The first kappa shape index (κ1) is 15.3. The maximum Gasteiger partial charge on any atom is 0.138 e. The second kappa shape index (κ2) is 6.57. The average molecular weight is 360 g/mol. The molecule has 1 unspecified atom stereocenters. The Balaban J connectivity index is 2.11. The molecule has 0 saturated heterocycles. The Morgan fingerprint density at radius 1 is 1.30 bits per heavy atom. The highest BCUT2D eigenvalue weighted by molar-refractivity contribution is 9.10. The number of halogens is 3. The summed E-state index contributed by atoms with van der Waals surface area (Å²) in [5.74, 6) is 0.120. The molecule has 0 aliphatic heterocycles. The zero-order chi connectivity index (χ0) is 14.7. The van der Waals surface area contributed by atoms with Crippen LogP contribution in [0.25, 0.3) is 0 Å². The lowest BCUT2D eigenvalue weighted by Gasteiger charge is -2.11. The molecule has 1 atom stereocenters. The predicted molar refractivity (Wildman–Crippen MR) is 80.5 cm³/mol. The van der Waals surface area contributed by atoms with E-state index < -0.39 is 6.10 Å². The smallest absolute Gasteiger partial charge is 0.138 e. The molecule has 2 aromatic carbocycles. The van der Waals surface area contributed by atoms with Gasteiger partial charge < -0.3 is 9.84 Å². The Labute approximate surface area is 130 Å². The summed E-state index contributed by atoms with van der Waals surface area (Å²) in [6.07, 6.45) is -0.592. The highest BCUT2D eigenvalue weighted by atomic mass is 79.9. The molecule has 0 aliphatic carbocycles. The van der Waals surface area contributed by atoms with Gasteiger partial charge in [0.05, 0.1) is 11.1 Å². The van der Waals surface area contributed by atoms with Crippen LogP contribution in [0.3, 0.4) is 0 Å². The molecule has 106 valence electrons. The number of benzene rings is 2. The minimum absolute atomic E-state index is 0.0901. The van der Waals surface area contributed by atoms with Gasteiger partial charge in [0.25, 0.3) is 0 Å². The Kier molecular flexibility index (Phi) is 5.02. The van der Waals surface area contributed by atoms with E-state index in [1.807, 2.05) is 0 Å². The van der Waals surface area contributed by atoms with Crippen molar-refractivity contribution in [3.63, 3.8) is 0 Å². The van der Waals surface area contributed by atoms with Crippen molar-refractivity contribution in [3.05, 3.63) is 62.8 Å². The van der Waals surface area contributed by atoms with Gasteiger partial charge >= 0.3 is 0 Å². The fourth-order valence-corrected chi connectivity index (χ4v) is 2.26. The maximum absolute atomic E-state index is 13.6. The van der Waals surface area contributed by atoms with E-state index in [0.717, 1.165) is 0 Å². The molecule has 0 heterocycles. The van der Waals surface area contributed by atoms with Crippen molar-refractivity contribution in [2.24, 2.45) is 0 Å². The van der Waals surface area contributed by atoms with Gasteiger partial charge in [-0.25, -0.2) is 4.39 Å². The van der Waals surface area contributed by atoms with Gasteiger partial charge in [0.2, 0.25) is 0 Å². The van der Waals surface area contributed by atoms with E-state index in [1.54, 1.807) is 37.3 Å². The van der Waals surface area contributed by atoms with E-state index in [0.29, 0.717) is 26.4 Å². The summed E-state index contributed by atoms with van der Waals surface area (Å²) >= 11 is 9.27. The van der Waals surface area contributed by atoms with Gasteiger partial charge in [-0.15, -0.1) is 0 Å². The van der Waals surface area contributed by atoms with Crippen molar-refractivity contribution in [3.8, 4) is 5.75 Å². The molecule has 0 saturated carbocycles. The van der Waals surface area contributed by atoms with Crippen LogP contribution in [-0.4, -0.2) is 5.11 Å². The fraction of sp³-hybridized carbons (Fsp3) is 0.200. The van der Waals surface area contributed by atoms with Crippen LogP contribution in [0.4, 0.5) is 4.39 Å². The van der Waals surface area contributed by atoms with Crippen molar-refractivity contribution in [2.45, 2.75) is 19.6 Å². The first-order chi connectivity index (χ1) is 9.47. The quantitative estimate of drug-likeness (QED) is 0.843. The van der Waals surface area contributed by atoms with Crippen LogP contribution in [0.1, 0.15) is 24.2 Å². The van der Waals surface area contributed by atoms with Crippen molar-refractivity contribution in [1.82, 2.24) is 0 Å². The van der Waals surface area contributed by atoms with Crippen LogP contribution in [0.2, 0.25) is 5.02 Å². The molecule has 0 radical (unpaired) electrons. The fourth-order valence-electron chi connectivity index (χ4n) is 1.69. The average Bonchev–Trinajstić information content (AvgIpc) is 2.38. The standard InChI is InChI=1S/C15H13BrClFO2/c1-9(19)10-3-5-15(13(17)6-10)20-8-11-2-4-12(16)7-14(11)18/h2-7,9,19H,8H2,1H3. The first-order valence-electron chi connectivity index (χ1n) is 6.01. The van der Waals surface area contributed by atoms with E-state index >= 15 is 0 Å². The van der Waals surface area contributed by atoms with Crippen LogP contribution < -0.4 is 4.74 Å². The molecule has 0 bridgehead atoms. The van der Waals surface area contributed by atoms with Gasteiger partial charge in [0.15, 0.2) is 0 Å². The van der Waals surface area contributed by atoms with Gasteiger partial charge in [-0.3, -0.25) is 0 Å². The minimum Gasteiger partial charge on any atom is -0.487 e. The molecule has 2 rings (SSSR count). The summed E-state index contributed by atoms with van der Waals surface area (Å²) < 4.78 is 19.8. The summed E-state index contributed by atoms with van der Waals surface area (Å²) in [7, 11) is 0. The van der Waals surface area contributed by atoms with Crippen LogP contribution in [-0.2, 0) is 6.61 Å². The summed E-state index contributed by atoms with van der Waals surface area (Å²) in [4.78, 5) is 0. The highest BCUT2D eigenvalue weighted by Crippen LogP contribution is 2.29. The van der Waals surface area contributed by atoms with E-state index in [2.05, 4.69) is 15.9 Å². The van der Waals surface area contributed by atoms with Crippen molar-refractivity contribution < 1.29 is 14.2 Å². The lowest BCUT2D eigenvalue weighted by atomic mass is 10.1. The van der Waals surface area contributed by atoms with Crippen LogP contribution in [0.5, 0.6) is 5.75 Å². The van der Waals surface area contributed by atoms with Crippen LogP contribution >= 0.6 is 27.5 Å². The third-order valence-electron chi connectivity index (χ3n) is 2.84. The van der Waals surface area contributed by atoms with Gasteiger partial charge in [-0.1, -0.05) is 39.7 Å². The Morgan fingerprint density at radius 2 is 2.05 bits per heavy atom. The Hall–Kier alpha value is -1.10. The topological polar surface area (TPSA) is 29.5 Å². The highest BCUT2D eigenvalue weighted by Gasteiger charge is 2.08. The van der Waals surface area contributed by atoms with E-state index in [4.69, 9.17) is 16.3 Å². The third-order valence-corrected chi connectivity index (χ3v) is 3.63. The number of hydrogen-bond acceptors (Lipinski definition) is 2. The number of aliphatic hydroxyl groups excluding tert-OH is 1. The molecule has 2 aromatic rings. The Bertz CT molecular complexity index is 617. The SMILES string of the molecule is CC(O)c1ccc(OCc2ccc(Br)cc2F)c(Cl)c1. The van der Waals surface area contributed by atoms with Crippen molar-refractivity contribution >= 4 is 27.5 Å². The lowest BCUT2D eigenvalue weighted by Crippen LogP contribution is -1.99. The number of aliphatic hydroxyl groups is 1. The van der Waals surface area contributed by atoms with Crippen LogP contribution in [0.15, 0.2) is 40.9 Å². The molecular formula is C15H13BrClFO2. The molecule has 0 spiro atoms. The van der Waals surface area contributed by atoms with Crippen molar-refractivity contribution in [1.29, 1.82) is 0 Å². The number of hydrogen-bond donors (Lipinski definition) is 1. The van der Waals surface area contributed by atoms with Gasteiger partial charge in [0.1, 0.15) is 18.2 Å². The summed E-state index contributed by atoms with van der Waals surface area (Å²) in [5.41, 5.74) is 1.15. The van der Waals surface area contributed by atoms with E-state index in [1.165, 1.54) is 6.07 Å². The summed E-state index contributed by atoms with van der Waals surface area (Å²) in [6, 6.07) is 9.82. The zero-order valence-corrected chi connectivity index (χ0v) is 13.1. The van der Waals surface area contributed by atoms with Gasteiger partial charge in [0, 0.05) is 10.0 Å². The van der Waals surface area contributed by atoms with Crippen LogP contribution in [0, 0.1) is 5.82 Å². The lowest BCUT2D eigenvalue weighted by molar-refractivity contribution is 0.199. The zero-order valence-electron chi connectivity index (χ0n) is 10.7.